The Kier molecular flexibility index (Phi) is 2.64. The van der Waals surface area contributed by atoms with E-state index in [1.807, 2.05) is 24.3 Å². The number of hydrogen-bond acceptors (Lipinski definition) is 3. The fourth-order valence-electron chi connectivity index (χ4n) is 1.48. The Balaban J connectivity index is 2.59. The predicted molar refractivity (Wildman–Crippen MR) is 62.5 cm³/mol. The molecule has 0 spiro atoms. The number of esters is 1. The normalized spacial score (nSPS) is 10.3. The first-order chi connectivity index (χ1) is 7.20. The molecule has 0 aromatic heterocycles. The molecule has 3 heteroatoms. The number of ether oxygens (including phenoxy) is 1. The first kappa shape index (κ1) is 10.1. The molecule has 2 rings (SSSR count). The molecule has 0 unspecified atom stereocenters. The predicted octanol–water partition coefficient (Wildman–Crippen LogP) is 2.92. The minimum atomic E-state index is -0.318. The van der Waals surface area contributed by atoms with Gasteiger partial charge in [-0.25, -0.2) is 4.79 Å². The highest BCUT2D eigenvalue weighted by Gasteiger charge is 2.05. The number of fused-ring (bicyclic) bond motifs is 1. The zero-order chi connectivity index (χ0) is 10.8. The van der Waals surface area contributed by atoms with E-state index >= 15 is 0 Å². The molecule has 0 heterocycles. The zero-order valence-electron chi connectivity index (χ0n) is 8.23. The second kappa shape index (κ2) is 3.95. The van der Waals surface area contributed by atoms with E-state index in [4.69, 9.17) is 0 Å². The van der Waals surface area contributed by atoms with Crippen molar-refractivity contribution in [1.82, 2.24) is 0 Å². The molecule has 76 valence electrons. The highest BCUT2D eigenvalue weighted by molar-refractivity contribution is 7.80. The minimum Gasteiger partial charge on any atom is -0.465 e. The second-order valence-electron chi connectivity index (χ2n) is 3.24. The summed E-state index contributed by atoms with van der Waals surface area (Å²) in [7, 11) is 1.38. The van der Waals surface area contributed by atoms with Crippen molar-refractivity contribution >= 4 is 29.4 Å². The molecular formula is C12H10O2S. The Morgan fingerprint density at radius 2 is 1.87 bits per heavy atom. The van der Waals surface area contributed by atoms with Crippen LogP contribution < -0.4 is 0 Å². The molecule has 0 fully saturated rings. The summed E-state index contributed by atoms with van der Waals surface area (Å²) in [5.41, 5.74) is 0.559. The summed E-state index contributed by atoms with van der Waals surface area (Å²) in [5, 5.41) is 2.07. The molecule has 0 aliphatic carbocycles. The van der Waals surface area contributed by atoms with E-state index in [0.29, 0.717) is 5.56 Å². The summed E-state index contributed by atoms with van der Waals surface area (Å²) in [6.07, 6.45) is 0. The van der Waals surface area contributed by atoms with Crippen molar-refractivity contribution in [2.24, 2.45) is 0 Å². The lowest BCUT2D eigenvalue weighted by Gasteiger charge is -2.02. The zero-order valence-corrected chi connectivity index (χ0v) is 9.12. The average molecular weight is 218 g/mol. The van der Waals surface area contributed by atoms with E-state index < -0.39 is 0 Å². The summed E-state index contributed by atoms with van der Waals surface area (Å²) < 4.78 is 4.66. The molecular weight excluding hydrogens is 208 g/mol. The number of carbonyl (C=O) groups excluding carboxylic acids is 1. The lowest BCUT2D eigenvalue weighted by atomic mass is 10.1. The van der Waals surface area contributed by atoms with E-state index in [2.05, 4.69) is 17.4 Å². The van der Waals surface area contributed by atoms with Gasteiger partial charge in [-0.3, -0.25) is 0 Å². The van der Waals surface area contributed by atoms with Gasteiger partial charge in [-0.1, -0.05) is 12.1 Å². The van der Waals surface area contributed by atoms with Gasteiger partial charge in [0.05, 0.1) is 12.7 Å². The van der Waals surface area contributed by atoms with E-state index in [0.717, 1.165) is 15.7 Å². The third-order valence-corrected chi connectivity index (χ3v) is 2.52. The Labute approximate surface area is 93.3 Å². The van der Waals surface area contributed by atoms with Crippen molar-refractivity contribution in [3.8, 4) is 0 Å². The van der Waals surface area contributed by atoms with Gasteiger partial charge in [-0.2, -0.15) is 0 Å². The average Bonchev–Trinajstić information content (AvgIpc) is 2.27. The highest BCUT2D eigenvalue weighted by atomic mass is 32.1. The van der Waals surface area contributed by atoms with Crippen molar-refractivity contribution in [1.29, 1.82) is 0 Å². The maximum absolute atomic E-state index is 11.3. The molecule has 0 aliphatic rings. The van der Waals surface area contributed by atoms with Gasteiger partial charge in [-0.15, -0.1) is 12.6 Å². The molecule has 2 aromatic carbocycles. The summed E-state index contributed by atoms with van der Waals surface area (Å²) >= 11 is 4.25. The maximum atomic E-state index is 11.3. The number of carbonyl (C=O) groups is 1. The fraction of sp³-hybridized carbons (Fsp3) is 0.0833. The van der Waals surface area contributed by atoms with Crippen LogP contribution in [0.15, 0.2) is 41.3 Å². The Morgan fingerprint density at radius 3 is 2.60 bits per heavy atom. The summed E-state index contributed by atoms with van der Waals surface area (Å²) in [6, 6.07) is 11.3. The van der Waals surface area contributed by atoms with E-state index in [1.54, 1.807) is 12.1 Å². The topological polar surface area (TPSA) is 26.3 Å². The summed E-state index contributed by atoms with van der Waals surface area (Å²) in [6.45, 7) is 0. The molecule has 2 nitrogen and oxygen atoms in total. The molecule has 0 saturated heterocycles. The SMILES string of the molecule is COC(=O)c1ccc2ccc(S)cc2c1. The Bertz CT molecular complexity index is 520. The van der Waals surface area contributed by atoms with Crippen LogP contribution in [0.25, 0.3) is 10.8 Å². The van der Waals surface area contributed by atoms with Crippen LogP contribution in [0.1, 0.15) is 10.4 Å². The number of benzene rings is 2. The van der Waals surface area contributed by atoms with Crippen LogP contribution >= 0.6 is 12.6 Å². The number of rotatable bonds is 1. The molecule has 0 atom stereocenters. The molecule has 2 aromatic rings. The standard InChI is InChI=1S/C12H10O2S/c1-14-12(13)9-3-2-8-4-5-11(15)7-10(8)6-9/h2-7,15H,1H3. The van der Waals surface area contributed by atoms with Crippen LogP contribution in [-0.4, -0.2) is 13.1 Å². The number of methoxy groups -OCH3 is 1. The lowest BCUT2D eigenvalue weighted by molar-refractivity contribution is 0.0601. The van der Waals surface area contributed by atoms with E-state index in [9.17, 15) is 4.79 Å². The monoisotopic (exact) mass is 218 g/mol. The third kappa shape index (κ3) is 1.97. The highest BCUT2D eigenvalue weighted by Crippen LogP contribution is 2.19. The van der Waals surface area contributed by atoms with Crippen LogP contribution in [0.4, 0.5) is 0 Å². The van der Waals surface area contributed by atoms with Crippen molar-refractivity contribution in [2.75, 3.05) is 7.11 Å². The Morgan fingerprint density at radius 1 is 1.13 bits per heavy atom. The molecule has 0 amide bonds. The van der Waals surface area contributed by atoms with E-state index in [1.165, 1.54) is 7.11 Å². The van der Waals surface area contributed by atoms with Crippen LogP contribution in [0.5, 0.6) is 0 Å². The lowest BCUT2D eigenvalue weighted by Crippen LogP contribution is -2.00. The fourth-order valence-corrected chi connectivity index (χ4v) is 1.69. The van der Waals surface area contributed by atoms with Gasteiger partial charge < -0.3 is 4.74 Å². The third-order valence-electron chi connectivity index (χ3n) is 2.24. The van der Waals surface area contributed by atoms with Crippen molar-refractivity contribution < 1.29 is 9.53 Å². The molecule has 15 heavy (non-hydrogen) atoms. The second-order valence-corrected chi connectivity index (χ2v) is 3.75. The van der Waals surface area contributed by atoms with Gasteiger partial charge in [0, 0.05) is 4.90 Å². The van der Waals surface area contributed by atoms with Crippen LogP contribution in [0, 0.1) is 0 Å². The van der Waals surface area contributed by atoms with Gasteiger partial charge in [0.2, 0.25) is 0 Å². The number of hydrogen-bond donors (Lipinski definition) is 1. The van der Waals surface area contributed by atoms with Gasteiger partial charge in [0.15, 0.2) is 0 Å². The minimum absolute atomic E-state index is 0.318. The molecule has 0 aliphatic heterocycles. The molecule has 0 N–H and O–H groups in total. The van der Waals surface area contributed by atoms with Crippen molar-refractivity contribution in [3.63, 3.8) is 0 Å². The van der Waals surface area contributed by atoms with Crippen LogP contribution in [0.3, 0.4) is 0 Å². The van der Waals surface area contributed by atoms with Gasteiger partial charge in [-0.05, 0) is 35.0 Å². The molecule has 0 radical (unpaired) electrons. The first-order valence-electron chi connectivity index (χ1n) is 4.52. The van der Waals surface area contributed by atoms with Crippen molar-refractivity contribution in [2.45, 2.75) is 4.90 Å². The Hall–Kier alpha value is -1.48. The quantitative estimate of drug-likeness (QED) is 0.588. The van der Waals surface area contributed by atoms with Crippen LogP contribution in [-0.2, 0) is 4.74 Å². The van der Waals surface area contributed by atoms with E-state index in [-0.39, 0.29) is 5.97 Å². The van der Waals surface area contributed by atoms with Gasteiger partial charge in [0.1, 0.15) is 0 Å². The smallest absolute Gasteiger partial charge is 0.337 e. The first-order valence-corrected chi connectivity index (χ1v) is 4.96. The summed E-state index contributed by atoms with van der Waals surface area (Å²) in [4.78, 5) is 12.2. The number of thiol groups is 1. The molecule has 0 bridgehead atoms. The van der Waals surface area contributed by atoms with Crippen molar-refractivity contribution in [3.05, 3.63) is 42.0 Å². The van der Waals surface area contributed by atoms with Crippen LogP contribution in [0.2, 0.25) is 0 Å². The summed E-state index contributed by atoms with van der Waals surface area (Å²) in [5.74, 6) is -0.318. The largest absolute Gasteiger partial charge is 0.465 e. The maximum Gasteiger partial charge on any atom is 0.337 e. The van der Waals surface area contributed by atoms with Gasteiger partial charge >= 0.3 is 5.97 Å². The molecule has 0 saturated carbocycles. The van der Waals surface area contributed by atoms with Gasteiger partial charge in [0.25, 0.3) is 0 Å².